The highest BCUT2D eigenvalue weighted by Gasteiger charge is 2.31. The first-order chi connectivity index (χ1) is 11.8. The Balaban J connectivity index is 1.43. The summed E-state index contributed by atoms with van der Waals surface area (Å²) in [5.41, 5.74) is 3.86. The van der Waals surface area contributed by atoms with Crippen LogP contribution in [0.4, 0.5) is 0 Å². The summed E-state index contributed by atoms with van der Waals surface area (Å²) in [6.07, 6.45) is 8.44. The molecular formula is C19H25N3O2. The number of hydrogen-bond donors (Lipinski definition) is 0. The van der Waals surface area contributed by atoms with Crippen molar-refractivity contribution in [3.05, 3.63) is 48.0 Å². The average molecular weight is 327 g/mol. The largest absolute Gasteiger partial charge is 0.375 e. The third-order valence-electron chi connectivity index (χ3n) is 5.08. The SMILES string of the molecule is Cc1cc(-n2ccnc2)ccc1CN1CCO[C@H]([C@@H]2CCCO2)C1. The molecule has 0 aliphatic carbocycles. The van der Waals surface area contributed by atoms with Crippen LogP contribution in [0.25, 0.3) is 5.69 Å². The van der Waals surface area contributed by atoms with E-state index in [1.807, 2.05) is 23.3 Å². The molecule has 5 heteroatoms. The summed E-state index contributed by atoms with van der Waals surface area (Å²) in [4.78, 5) is 6.61. The second kappa shape index (κ2) is 7.05. The van der Waals surface area contributed by atoms with Crippen molar-refractivity contribution in [3.63, 3.8) is 0 Å². The summed E-state index contributed by atoms with van der Waals surface area (Å²) in [6, 6.07) is 6.64. The van der Waals surface area contributed by atoms with Crippen LogP contribution in [0, 0.1) is 6.92 Å². The zero-order valence-corrected chi connectivity index (χ0v) is 14.2. The van der Waals surface area contributed by atoms with Crippen LogP contribution < -0.4 is 0 Å². The number of imidazole rings is 1. The van der Waals surface area contributed by atoms with Crippen LogP contribution in [0.3, 0.4) is 0 Å². The Labute approximate surface area is 143 Å². The second-order valence-electron chi connectivity index (χ2n) is 6.78. The molecule has 0 N–H and O–H groups in total. The zero-order valence-electron chi connectivity index (χ0n) is 14.2. The maximum absolute atomic E-state index is 5.95. The van der Waals surface area contributed by atoms with E-state index >= 15 is 0 Å². The fourth-order valence-corrected chi connectivity index (χ4v) is 3.67. The van der Waals surface area contributed by atoms with E-state index in [1.165, 1.54) is 17.5 Å². The molecular weight excluding hydrogens is 302 g/mol. The van der Waals surface area contributed by atoms with Crippen molar-refractivity contribution in [1.82, 2.24) is 14.5 Å². The molecule has 2 saturated heterocycles. The Morgan fingerprint density at radius 3 is 2.88 bits per heavy atom. The van der Waals surface area contributed by atoms with Crippen LogP contribution >= 0.6 is 0 Å². The molecule has 0 radical (unpaired) electrons. The molecule has 0 saturated carbocycles. The minimum Gasteiger partial charge on any atom is -0.375 e. The molecule has 3 heterocycles. The van der Waals surface area contributed by atoms with Crippen LogP contribution in [0.1, 0.15) is 24.0 Å². The van der Waals surface area contributed by atoms with Crippen LogP contribution in [0.15, 0.2) is 36.9 Å². The molecule has 1 aromatic carbocycles. The highest BCUT2D eigenvalue weighted by atomic mass is 16.5. The lowest BCUT2D eigenvalue weighted by molar-refractivity contribution is -0.0960. The van der Waals surface area contributed by atoms with Gasteiger partial charge >= 0.3 is 0 Å². The molecule has 0 spiro atoms. The minimum absolute atomic E-state index is 0.228. The summed E-state index contributed by atoms with van der Waals surface area (Å²) in [5.74, 6) is 0. The Morgan fingerprint density at radius 1 is 1.21 bits per heavy atom. The molecule has 128 valence electrons. The van der Waals surface area contributed by atoms with E-state index in [-0.39, 0.29) is 12.2 Å². The van der Waals surface area contributed by atoms with Gasteiger partial charge in [-0.1, -0.05) is 6.07 Å². The van der Waals surface area contributed by atoms with Crippen molar-refractivity contribution < 1.29 is 9.47 Å². The Hall–Kier alpha value is -1.69. The Morgan fingerprint density at radius 2 is 2.12 bits per heavy atom. The van der Waals surface area contributed by atoms with Gasteiger partial charge in [0.2, 0.25) is 0 Å². The van der Waals surface area contributed by atoms with Crippen LogP contribution in [-0.2, 0) is 16.0 Å². The van der Waals surface area contributed by atoms with E-state index in [4.69, 9.17) is 9.47 Å². The minimum atomic E-state index is 0.228. The number of rotatable bonds is 4. The summed E-state index contributed by atoms with van der Waals surface area (Å²) in [5, 5.41) is 0. The molecule has 0 amide bonds. The second-order valence-corrected chi connectivity index (χ2v) is 6.78. The van der Waals surface area contributed by atoms with Gasteiger partial charge in [0.25, 0.3) is 0 Å². The molecule has 0 unspecified atom stereocenters. The smallest absolute Gasteiger partial charge is 0.0991 e. The number of aromatic nitrogens is 2. The quantitative estimate of drug-likeness (QED) is 0.865. The van der Waals surface area contributed by atoms with Gasteiger partial charge < -0.3 is 14.0 Å². The van der Waals surface area contributed by atoms with E-state index in [9.17, 15) is 0 Å². The van der Waals surface area contributed by atoms with Crippen molar-refractivity contribution >= 4 is 0 Å². The Bertz CT molecular complexity index is 665. The molecule has 2 aliphatic rings. The molecule has 2 aliphatic heterocycles. The lowest BCUT2D eigenvalue weighted by Gasteiger charge is -2.35. The van der Waals surface area contributed by atoms with E-state index < -0.39 is 0 Å². The van der Waals surface area contributed by atoms with Gasteiger partial charge in [-0.3, -0.25) is 4.90 Å². The zero-order chi connectivity index (χ0) is 16.4. The first-order valence-electron chi connectivity index (χ1n) is 8.83. The van der Waals surface area contributed by atoms with E-state index in [1.54, 1.807) is 0 Å². The lowest BCUT2D eigenvalue weighted by atomic mass is 10.1. The number of ether oxygens (including phenoxy) is 2. The summed E-state index contributed by atoms with van der Waals surface area (Å²) < 4.78 is 13.8. The average Bonchev–Trinajstić information content (AvgIpc) is 3.31. The first-order valence-corrected chi connectivity index (χ1v) is 8.83. The van der Waals surface area contributed by atoms with Gasteiger partial charge in [0.05, 0.1) is 25.1 Å². The number of benzene rings is 1. The maximum atomic E-state index is 5.95. The molecule has 2 atom stereocenters. The molecule has 4 rings (SSSR count). The number of hydrogen-bond acceptors (Lipinski definition) is 4. The number of morpholine rings is 1. The van der Waals surface area contributed by atoms with Crippen molar-refractivity contribution in [1.29, 1.82) is 0 Å². The first kappa shape index (κ1) is 15.8. The maximum Gasteiger partial charge on any atom is 0.0991 e. The van der Waals surface area contributed by atoms with Crippen LogP contribution in [-0.4, -0.2) is 53.0 Å². The fraction of sp³-hybridized carbons (Fsp3) is 0.526. The third-order valence-corrected chi connectivity index (χ3v) is 5.08. The van der Waals surface area contributed by atoms with E-state index in [0.29, 0.717) is 0 Å². The fourth-order valence-electron chi connectivity index (χ4n) is 3.67. The molecule has 1 aromatic heterocycles. The van der Waals surface area contributed by atoms with Gasteiger partial charge in [0, 0.05) is 44.3 Å². The predicted molar refractivity (Wildman–Crippen MR) is 92.3 cm³/mol. The molecule has 24 heavy (non-hydrogen) atoms. The van der Waals surface area contributed by atoms with Crippen LogP contribution in [0.5, 0.6) is 0 Å². The van der Waals surface area contributed by atoms with Gasteiger partial charge in [-0.05, 0) is 43.0 Å². The molecule has 2 fully saturated rings. The van der Waals surface area contributed by atoms with Gasteiger partial charge in [0.1, 0.15) is 0 Å². The van der Waals surface area contributed by atoms with Gasteiger partial charge in [-0.25, -0.2) is 4.98 Å². The molecule has 5 nitrogen and oxygen atoms in total. The normalized spacial score (nSPS) is 25.2. The van der Waals surface area contributed by atoms with E-state index in [0.717, 1.165) is 45.0 Å². The van der Waals surface area contributed by atoms with E-state index in [2.05, 4.69) is 35.0 Å². The standard InChI is InChI=1S/C19H25N3O2/c1-15-11-17(22-7-6-20-14-22)5-4-16(15)12-21-8-10-24-19(13-21)18-3-2-9-23-18/h4-7,11,14,18-19H,2-3,8-10,12-13H2,1H3/t18-,19-/m0/s1. The predicted octanol–water partition coefficient (Wildman–Crippen LogP) is 2.56. The Kier molecular flexibility index (Phi) is 4.65. The van der Waals surface area contributed by atoms with Gasteiger partial charge in [-0.2, -0.15) is 0 Å². The van der Waals surface area contributed by atoms with Gasteiger partial charge in [-0.15, -0.1) is 0 Å². The van der Waals surface area contributed by atoms with Crippen molar-refractivity contribution in [2.75, 3.05) is 26.3 Å². The number of nitrogens with zero attached hydrogens (tertiary/aromatic N) is 3. The topological polar surface area (TPSA) is 39.5 Å². The summed E-state index contributed by atoms with van der Waals surface area (Å²) in [6.45, 7) is 6.81. The van der Waals surface area contributed by atoms with Crippen molar-refractivity contribution in [3.8, 4) is 5.69 Å². The molecule has 2 aromatic rings. The monoisotopic (exact) mass is 327 g/mol. The van der Waals surface area contributed by atoms with Crippen molar-refractivity contribution in [2.24, 2.45) is 0 Å². The molecule has 0 bridgehead atoms. The summed E-state index contributed by atoms with van der Waals surface area (Å²) in [7, 11) is 0. The number of aryl methyl sites for hydroxylation is 1. The third kappa shape index (κ3) is 3.38. The lowest BCUT2D eigenvalue weighted by Crippen LogP contribution is -2.47. The van der Waals surface area contributed by atoms with Gasteiger partial charge in [0.15, 0.2) is 0 Å². The highest BCUT2D eigenvalue weighted by Crippen LogP contribution is 2.23. The summed E-state index contributed by atoms with van der Waals surface area (Å²) >= 11 is 0. The van der Waals surface area contributed by atoms with Crippen molar-refractivity contribution in [2.45, 2.75) is 38.5 Å². The van der Waals surface area contributed by atoms with Crippen LogP contribution in [0.2, 0.25) is 0 Å². The highest BCUT2D eigenvalue weighted by molar-refractivity contribution is 5.40.